The molecule has 0 unspecified atom stereocenters. The Hall–Kier alpha value is -1.31. The van der Waals surface area contributed by atoms with Gasteiger partial charge in [-0.2, -0.15) is 0 Å². The number of para-hydroxylation sites is 1. The van der Waals surface area contributed by atoms with Crippen LogP contribution in [0.4, 0.5) is 5.69 Å². The van der Waals surface area contributed by atoms with Crippen molar-refractivity contribution in [1.82, 2.24) is 0 Å². The fourth-order valence-corrected chi connectivity index (χ4v) is 1.46. The fourth-order valence-electron chi connectivity index (χ4n) is 1.46. The molecule has 1 aromatic carbocycles. The number of amides is 1. The Bertz CT molecular complexity index is 373. The molecule has 0 aliphatic carbocycles. The van der Waals surface area contributed by atoms with Crippen LogP contribution in [0.2, 0.25) is 1.41 Å². The van der Waals surface area contributed by atoms with E-state index in [0.717, 1.165) is 10.9 Å². The molecule has 1 aromatic rings. The van der Waals surface area contributed by atoms with Gasteiger partial charge in [-0.05, 0) is 25.5 Å². The highest BCUT2D eigenvalue weighted by molar-refractivity contribution is 6.05. The van der Waals surface area contributed by atoms with Gasteiger partial charge in [-0.25, -0.2) is 0 Å². The molecule has 0 atom stereocenters. The summed E-state index contributed by atoms with van der Waals surface area (Å²) in [5.41, 5.74) is 1.10. The SMILES string of the molecule is [2H]N1C(=O)C(C)(C)c2ccccc21. The van der Waals surface area contributed by atoms with Gasteiger partial charge in [-0.15, -0.1) is 0 Å². The minimum absolute atomic E-state index is 0.159. The van der Waals surface area contributed by atoms with Crippen molar-refractivity contribution in [2.75, 3.05) is 5.31 Å². The van der Waals surface area contributed by atoms with Crippen LogP contribution in [0.5, 0.6) is 0 Å². The van der Waals surface area contributed by atoms with Gasteiger partial charge >= 0.3 is 0 Å². The highest BCUT2D eigenvalue weighted by Crippen LogP contribution is 2.36. The van der Waals surface area contributed by atoms with Crippen LogP contribution in [0.3, 0.4) is 0 Å². The van der Waals surface area contributed by atoms with Crippen LogP contribution in [0.15, 0.2) is 24.3 Å². The van der Waals surface area contributed by atoms with Crippen LogP contribution in [0.1, 0.15) is 19.4 Å². The van der Waals surface area contributed by atoms with E-state index in [2.05, 4.69) is 0 Å². The highest BCUT2D eigenvalue weighted by Gasteiger charge is 2.37. The summed E-state index contributed by atoms with van der Waals surface area (Å²) in [7, 11) is 0. The smallest absolute Gasteiger partial charge is 0.234 e. The summed E-state index contributed by atoms with van der Waals surface area (Å²) in [5, 5.41) is 0.981. The zero-order valence-corrected chi connectivity index (χ0v) is 7.16. The third-order valence-electron chi connectivity index (χ3n) is 2.33. The van der Waals surface area contributed by atoms with Gasteiger partial charge in [0.1, 0.15) is 0 Å². The molecule has 1 N–H and O–H groups in total. The molecule has 1 aliphatic rings. The minimum atomic E-state index is -0.543. The Labute approximate surface area is 73.1 Å². The first kappa shape index (κ1) is 6.23. The molecule has 0 radical (unpaired) electrons. The lowest BCUT2D eigenvalue weighted by Gasteiger charge is -2.14. The van der Waals surface area contributed by atoms with Crippen molar-refractivity contribution in [3.63, 3.8) is 0 Å². The van der Waals surface area contributed by atoms with Crippen LogP contribution < -0.4 is 5.31 Å². The summed E-state index contributed by atoms with van der Waals surface area (Å²) >= 11 is 0. The fraction of sp³-hybridized carbons (Fsp3) is 0.300. The van der Waals surface area contributed by atoms with Gasteiger partial charge in [0.15, 0.2) is 1.41 Å². The Morgan fingerprint density at radius 1 is 1.42 bits per heavy atom. The molecule has 0 aromatic heterocycles. The van der Waals surface area contributed by atoms with Gasteiger partial charge in [-0.3, -0.25) is 4.79 Å². The zero-order valence-electron chi connectivity index (χ0n) is 8.16. The molecule has 2 rings (SSSR count). The van der Waals surface area contributed by atoms with E-state index < -0.39 is 5.41 Å². The van der Waals surface area contributed by atoms with Crippen molar-refractivity contribution in [1.29, 1.82) is 0 Å². The molecule has 0 spiro atoms. The van der Waals surface area contributed by atoms with Gasteiger partial charge in [0, 0.05) is 5.69 Å². The number of fused-ring (bicyclic) bond motifs is 1. The minimum Gasteiger partial charge on any atom is -0.325 e. The molecule has 0 saturated carbocycles. The number of hydrogen-bond acceptors (Lipinski definition) is 1. The topological polar surface area (TPSA) is 29.1 Å². The number of carbonyl (C=O) groups is 1. The molecule has 0 saturated heterocycles. The molecular formula is C10H11NO. The molecule has 62 valence electrons. The second-order valence-corrected chi connectivity index (χ2v) is 3.56. The summed E-state index contributed by atoms with van der Waals surface area (Å²) in [6, 6.07) is 7.44. The number of anilines is 1. The van der Waals surface area contributed by atoms with Crippen molar-refractivity contribution >= 4 is 11.6 Å². The van der Waals surface area contributed by atoms with Crippen molar-refractivity contribution in [3.8, 4) is 0 Å². The molecular weight excluding hydrogens is 150 g/mol. The molecule has 1 amide bonds. The lowest BCUT2D eigenvalue weighted by molar-refractivity contribution is -0.119. The third kappa shape index (κ3) is 0.779. The van der Waals surface area contributed by atoms with E-state index in [1.165, 1.54) is 0 Å². The van der Waals surface area contributed by atoms with E-state index in [-0.39, 0.29) is 5.91 Å². The van der Waals surface area contributed by atoms with Gasteiger partial charge in [0.2, 0.25) is 5.91 Å². The Balaban J connectivity index is 2.68. The number of rotatable bonds is 0. The first-order chi connectivity index (χ1) is 6.05. The summed E-state index contributed by atoms with van der Waals surface area (Å²) in [4.78, 5) is 11.6. The summed E-state index contributed by atoms with van der Waals surface area (Å²) < 4.78 is 7.56. The molecule has 1 aliphatic heterocycles. The highest BCUT2D eigenvalue weighted by atomic mass is 16.2. The Morgan fingerprint density at radius 3 is 2.75 bits per heavy atom. The molecule has 0 fully saturated rings. The first-order valence-electron chi connectivity index (χ1n) is 4.43. The quantitative estimate of drug-likeness (QED) is 0.620. The zero-order chi connectivity index (χ0) is 9.64. The summed E-state index contributed by atoms with van der Waals surface area (Å²) in [6.45, 7) is 3.70. The normalized spacial score (nSPS) is 20.7. The maximum absolute atomic E-state index is 11.6. The Morgan fingerprint density at radius 2 is 2.08 bits per heavy atom. The van der Waals surface area contributed by atoms with E-state index >= 15 is 0 Å². The average Bonchev–Trinajstić information content (AvgIpc) is 2.30. The molecule has 2 heteroatoms. The van der Waals surface area contributed by atoms with Crippen LogP contribution in [-0.4, -0.2) is 5.91 Å². The second kappa shape index (κ2) is 2.09. The number of hydrogen-bond donors (Lipinski definition) is 1. The summed E-state index contributed by atoms with van der Waals surface area (Å²) in [6.07, 6.45) is 0. The van der Waals surface area contributed by atoms with Crippen LogP contribution >= 0.6 is 0 Å². The van der Waals surface area contributed by atoms with Crippen molar-refractivity contribution in [2.45, 2.75) is 19.3 Å². The van der Waals surface area contributed by atoms with Crippen LogP contribution in [-0.2, 0) is 10.2 Å². The van der Waals surface area contributed by atoms with Crippen molar-refractivity contribution < 1.29 is 6.21 Å². The largest absolute Gasteiger partial charge is 0.325 e. The predicted molar refractivity (Wildman–Crippen MR) is 48.1 cm³/mol. The van der Waals surface area contributed by atoms with E-state index in [1.54, 1.807) is 6.07 Å². The van der Waals surface area contributed by atoms with Gasteiger partial charge in [-0.1, -0.05) is 18.2 Å². The third-order valence-corrected chi connectivity index (χ3v) is 2.33. The van der Waals surface area contributed by atoms with Gasteiger partial charge in [0.25, 0.3) is 0 Å². The van der Waals surface area contributed by atoms with Gasteiger partial charge < -0.3 is 5.31 Å². The number of carbonyl (C=O) groups excluding carboxylic acids is 1. The lowest BCUT2D eigenvalue weighted by Crippen LogP contribution is -2.26. The predicted octanol–water partition coefficient (Wildman–Crippen LogP) is 1.92. The maximum atomic E-state index is 11.6. The molecule has 12 heavy (non-hydrogen) atoms. The van der Waals surface area contributed by atoms with Crippen molar-refractivity contribution in [3.05, 3.63) is 29.8 Å². The van der Waals surface area contributed by atoms with E-state index in [9.17, 15) is 4.79 Å². The Kier molecular flexibility index (Phi) is 1.09. The monoisotopic (exact) mass is 162 g/mol. The van der Waals surface area contributed by atoms with Crippen LogP contribution in [0.25, 0.3) is 0 Å². The van der Waals surface area contributed by atoms with E-state index in [1.807, 2.05) is 32.0 Å². The average molecular weight is 162 g/mol. The number of nitrogens with one attached hydrogen (secondary N) is 1. The standard InChI is InChI=1S/C10H11NO/c1-10(2)7-5-3-4-6-8(7)11-9(10)12/h3-6H,1-2H3,(H,11,12)/i/hD. The van der Waals surface area contributed by atoms with E-state index in [0.29, 0.717) is 5.69 Å². The van der Waals surface area contributed by atoms with Crippen LogP contribution in [0, 0.1) is 0 Å². The van der Waals surface area contributed by atoms with Crippen molar-refractivity contribution in [2.24, 2.45) is 0 Å². The maximum Gasteiger partial charge on any atom is 0.234 e. The van der Waals surface area contributed by atoms with Gasteiger partial charge in [0.05, 0.1) is 5.41 Å². The van der Waals surface area contributed by atoms with E-state index in [4.69, 9.17) is 1.41 Å². The number of benzene rings is 1. The second-order valence-electron chi connectivity index (χ2n) is 3.56. The first-order valence-corrected chi connectivity index (χ1v) is 3.98. The molecule has 0 bridgehead atoms. The molecule has 1 heterocycles. The summed E-state index contributed by atoms with van der Waals surface area (Å²) in [5.74, 6) is -0.159. The molecule has 2 nitrogen and oxygen atoms in total. The lowest BCUT2D eigenvalue weighted by atomic mass is 9.86.